The Hall–Kier alpha value is -3.62. The summed E-state index contributed by atoms with van der Waals surface area (Å²) in [6, 6.07) is 19.8. The summed E-state index contributed by atoms with van der Waals surface area (Å²) in [5.74, 6) is 0.00375. The number of aromatic nitrogens is 2. The SMILES string of the molecule is O=C(c1cccnc1Nc1cccc(F)c1)N1CCN(Cc2csc(-c3ccccc3)n2)CC1. The normalized spacial score (nSPS) is 14.2. The van der Waals surface area contributed by atoms with Crippen LogP contribution in [0.2, 0.25) is 0 Å². The van der Waals surface area contributed by atoms with E-state index in [2.05, 4.69) is 32.7 Å². The lowest BCUT2D eigenvalue weighted by molar-refractivity contribution is 0.0628. The first kappa shape index (κ1) is 22.2. The van der Waals surface area contributed by atoms with E-state index in [-0.39, 0.29) is 11.7 Å². The first-order valence-corrected chi connectivity index (χ1v) is 12.0. The van der Waals surface area contributed by atoms with Gasteiger partial charge in [0, 0.05) is 55.6 Å². The van der Waals surface area contributed by atoms with Crippen LogP contribution in [-0.4, -0.2) is 51.9 Å². The molecule has 1 N–H and O–H groups in total. The number of pyridine rings is 1. The number of piperazine rings is 1. The molecule has 34 heavy (non-hydrogen) atoms. The largest absolute Gasteiger partial charge is 0.339 e. The van der Waals surface area contributed by atoms with Gasteiger partial charge in [0.2, 0.25) is 0 Å². The number of nitrogens with one attached hydrogen (secondary N) is 1. The van der Waals surface area contributed by atoms with Gasteiger partial charge in [-0.15, -0.1) is 11.3 Å². The molecule has 1 saturated heterocycles. The molecule has 1 fully saturated rings. The minimum atomic E-state index is -0.346. The number of nitrogens with zero attached hydrogens (tertiary/aromatic N) is 4. The number of rotatable bonds is 6. The minimum absolute atomic E-state index is 0.0772. The zero-order valence-corrected chi connectivity index (χ0v) is 19.3. The van der Waals surface area contributed by atoms with Crippen LogP contribution < -0.4 is 5.32 Å². The Balaban J connectivity index is 1.20. The lowest BCUT2D eigenvalue weighted by atomic mass is 10.2. The van der Waals surface area contributed by atoms with Crippen molar-refractivity contribution in [3.63, 3.8) is 0 Å². The second-order valence-electron chi connectivity index (χ2n) is 8.11. The Bertz CT molecular complexity index is 1270. The Labute approximate surface area is 201 Å². The number of benzene rings is 2. The molecule has 6 nitrogen and oxygen atoms in total. The number of anilines is 2. The molecule has 172 valence electrons. The summed E-state index contributed by atoms with van der Waals surface area (Å²) >= 11 is 1.66. The Morgan fingerprint density at radius 1 is 1.00 bits per heavy atom. The Kier molecular flexibility index (Phi) is 6.60. The van der Waals surface area contributed by atoms with Crippen LogP contribution in [0.5, 0.6) is 0 Å². The van der Waals surface area contributed by atoms with Gasteiger partial charge < -0.3 is 10.2 Å². The number of halogens is 1. The van der Waals surface area contributed by atoms with E-state index in [9.17, 15) is 9.18 Å². The van der Waals surface area contributed by atoms with E-state index >= 15 is 0 Å². The van der Waals surface area contributed by atoms with Gasteiger partial charge in [0.15, 0.2) is 0 Å². The van der Waals surface area contributed by atoms with Crippen molar-refractivity contribution in [2.75, 3.05) is 31.5 Å². The Morgan fingerprint density at radius 2 is 1.82 bits per heavy atom. The van der Waals surface area contributed by atoms with Gasteiger partial charge in [-0.25, -0.2) is 14.4 Å². The molecule has 0 saturated carbocycles. The third-order valence-electron chi connectivity index (χ3n) is 5.74. The molecule has 4 aromatic rings. The lowest BCUT2D eigenvalue weighted by Gasteiger charge is -2.34. The van der Waals surface area contributed by atoms with Gasteiger partial charge in [-0.2, -0.15) is 0 Å². The molecule has 1 aliphatic heterocycles. The number of amides is 1. The van der Waals surface area contributed by atoms with E-state index in [1.165, 1.54) is 12.1 Å². The lowest BCUT2D eigenvalue weighted by Crippen LogP contribution is -2.48. The number of hydrogen-bond acceptors (Lipinski definition) is 6. The molecule has 0 spiro atoms. The molecule has 0 bridgehead atoms. The van der Waals surface area contributed by atoms with E-state index in [1.807, 2.05) is 23.1 Å². The maximum atomic E-state index is 13.6. The average Bonchev–Trinajstić information content (AvgIpc) is 3.34. The van der Waals surface area contributed by atoms with Crippen molar-refractivity contribution < 1.29 is 9.18 Å². The topological polar surface area (TPSA) is 61.4 Å². The van der Waals surface area contributed by atoms with Crippen LogP contribution in [0.25, 0.3) is 10.6 Å². The van der Waals surface area contributed by atoms with Crippen LogP contribution in [0.4, 0.5) is 15.9 Å². The van der Waals surface area contributed by atoms with Crippen molar-refractivity contribution in [1.29, 1.82) is 0 Å². The highest BCUT2D eigenvalue weighted by Gasteiger charge is 2.25. The second-order valence-corrected chi connectivity index (χ2v) is 8.97. The van der Waals surface area contributed by atoms with Gasteiger partial charge in [0.05, 0.1) is 11.3 Å². The van der Waals surface area contributed by atoms with Crippen molar-refractivity contribution in [3.8, 4) is 10.6 Å². The molecule has 0 atom stereocenters. The van der Waals surface area contributed by atoms with E-state index in [1.54, 1.807) is 41.8 Å². The number of carbonyl (C=O) groups is 1. The minimum Gasteiger partial charge on any atom is -0.339 e. The monoisotopic (exact) mass is 473 g/mol. The van der Waals surface area contributed by atoms with Crippen LogP contribution >= 0.6 is 11.3 Å². The van der Waals surface area contributed by atoms with Gasteiger partial charge in [-0.05, 0) is 30.3 Å². The standard InChI is InChI=1S/C26H24FN5OS/c27-20-8-4-9-21(16-20)29-24-23(10-5-11-28-24)26(33)32-14-12-31(13-15-32)17-22-18-34-25(30-22)19-6-2-1-3-7-19/h1-11,16,18H,12-15,17H2,(H,28,29). The number of thiazole rings is 1. The molecule has 0 aliphatic carbocycles. The fourth-order valence-corrected chi connectivity index (χ4v) is 4.80. The predicted molar refractivity (Wildman–Crippen MR) is 133 cm³/mol. The molecular formula is C26H24FN5OS. The van der Waals surface area contributed by atoms with Gasteiger partial charge in [0.1, 0.15) is 16.6 Å². The quantitative estimate of drug-likeness (QED) is 0.425. The molecule has 2 aromatic carbocycles. The highest BCUT2D eigenvalue weighted by Crippen LogP contribution is 2.25. The predicted octanol–water partition coefficient (Wildman–Crippen LogP) is 5.05. The van der Waals surface area contributed by atoms with Crippen LogP contribution in [0.15, 0.2) is 78.3 Å². The van der Waals surface area contributed by atoms with Gasteiger partial charge in [-0.3, -0.25) is 9.69 Å². The summed E-state index contributed by atoms with van der Waals surface area (Å²) < 4.78 is 13.6. The summed E-state index contributed by atoms with van der Waals surface area (Å²) in [6.45, 7) is 3.57. The van der Waals surface area contributed by atoms with Gasteiger partial charge in [0.25, 0.3) is 5.91 Å². The molecule has 1 aliphatic rings. The van der Waals surface area contributed by atoms with Crippen LogP contribution in [0, 0.1) is 5.82 Å². The maximum absolute atomic E-state index is 13.6. The van der Waals surface area contributed by atoms with Crippen molar-refractivity contribution in [2.24, 2.45) is 0 Å². The summed E-state index contributed by atoms with van der Waals surface area (Å²) in [4.78, 5) is 26.5. The van der Waals surface area contributed by atoms with Crippen molar-refractivity contribution in [2.45, 2.75) is 6.54 Å². The number of hydrogen-bond donors (Lipinski definition) is 1. The van der Waals surface area contributed by atoms with E-state index in [0.717, 1.165) is 35.9 Å². The van der Waals surface area contributed by atoms with E-state index in [0.29, 0.717) is 30.2 Å². The maximum Gasteiger partial charge on any atom is 0.257 e. The highest BCUT2D eigenvalue weighted by atomic mass is 32.1. The molecule has 1 amide bonds. The molecule has 5 rings (SSSR count). The van der Waals surface area contributed by atoms with Gasteiger partial charge >= 0.3 is 0 Å². The summed E-state index contributed by atoms with van der Waals surface area (Å²) in [6.07, 6.45) is 1.62. The molecule has 0 unspecified atom stereocenters. The molecular weight excluding hydrogens is 449 g/mol. The summed E-state index contributed by atoms with van der Waals surface area (Å²) in [5, 5.41) is 6.21. The molecule has 3 heterocycles. The summed E-state index contributed by atoms with van der Waals surface area (Å²) in [7, 11) is 0. The Morgan fingerprint density at radius 3 is 2.62 bits per heavy atom. The van der Waals surface area contributed by atoms with E-state index < -0.39 is 0 Å². The first-order chi connectivity index (χ1) is 16.7. The van der Waals surface area contributed by atoms with Crippen LogP contribution in [0.1, 0.15) is 16.1 Å². The summed E-state index contributed by atoms with van der Waals surface area (Å²) in [5.41, 5.74) is 3.22. The molecule has 2 aromatic heterocycles. The number of carbonyl (C=O) groups excluding carboxylic acids is 1. The first-order valence-electron chi connectivity index (χ1n) is 11.1. The van der Waals surface area contributed by atoms with E-state index in [4.69, 9.17) is 4.98 Å². The second kappa shape index (κ2) is 10.1. The van der Waals surface area contributed by atoms with Crippen molar-refractivity contribution >= 4 is 28.7 Å². The third-order valence-corrected chi connectivity index (χ3v) is 6.68. The average molecular weight is 474 g/mol. The zero-order chi connectivity index (χ0) is 23.3. The van der Waals surface area contributed by atoms with Crippen LogP contribution in [0.3, 0.4) is 0 Å². The van der Waals surface area contributed by atoms with Crippen LogP contribution in [-0.2, 0) is 6.54 Å². The highest BCUT2D eigenvalue weighted by molar-refractivity contribution is 7.13. The molecule has 8 heteroatoms. The fraction of sp³-hybridized carbons (Fsp3) is 0.192. The molecule has 0 radical (unpaired) electrons. The van der Waals surface area contributed by atoms with Crippen molar-refractivity contribution in [1.82, 2.24) is 19.8 Å². The van der Waals surface area contributed by atoms with Crippen molar-refractivity contribution in [3.05, 3.63) is 95.4 Å². The fourth-order valence-electron chi connectivity index (χ4n) is 3.98. The smallest absolute Gasteiger partial charge is 0.257 e. The van der Waals surface area contributed by atoms with Gasteiger partial charge in [-0.1, -0.05) is 36.4 Å². The zero-order valence-electron chi connectivity index (χ0n) is 18.5. The third kappa shape index (κ3) is 5.13.